The second-order valence-corrected chi connectivity index (χ2v) is 10.1. The van der Waals surface area contributed by atoms with Crippen LogP contribution in [0.5, 0.6) is 0 Å². The van der Waals surface area contributed by atoms with E-state index in [1.165, 1.54) is 25.9 Å². The van der Waals surface area contributed by atoms with Crippen molar-refractivity contribution in [2.24, 2.45) is 7.05 Å². The molecule has 0 radical (unpaired) electrons. The molecule has 6 heterocycles. The minimum Gasteiger partial charge on any atom is -0.301 e. The van der Waals surface area contributed by atoms with E-state index < -0.39 is 0 Å². The summed E-state index contributed by atoms with van der Waals surface area (Å²) in [5.74, 6) is 0.661. The van der Waals surface area contributed by atoms with Crippen molar-refractivity contribution in [3.05, 3.63) is 73.2 Å². The summed E-state index contributed by atoms with van der Waals surface area (Å²) in [4.78, 5) is 21.0. The Morgan fingerprint density at radius 2 is 1.65 bits per heavy atom. The standard InChI is InChI=1S/C28H28N12/c1-37-18-24(15-32-37)25-16-31-27-28(34-25)40(36-35-27)17-20-5-4-6-21(11-20)26-29-12-22(13-30-26)23-14-33-39(19-23)10-9-38-7-2-3-8-38/h4-6,11-16,18-19H,2-3,7-10,17H2,1H3. The third kappa shape index (κ3) is 4.96. The van der Waals surface area contributed by atoms with Crippen LogP contribution in [0, 0.1) is 0 Å². The van der Waals surface area contributed by atoms with E-state index >= 15 is 0 Å². The molecule has 0 saturated carbocycles. The summed E-state index contributed by atoms with van der Waals surface area (Å²) in [5, 5.41) is 17.2. The van der Waals surface area contributed by atoms with Crippen LogP contribution in [0.2, 0.25) is 0 Å². The van der Waals surface area contributed by atoms with Gasteiger partial charge in [0, 0.05) is 60.6 Å². The van der Waals surface area contributed by atoms with Gasteiger partial charge in [0.15, 0.2) is 11.5 Å². The number of hydrogen-bond acceptors (Lipinski definition) is 9. The average molecular weight is 533 g/mol. The van der Waals surface area contributed by atoms with Gasteiger partial charge in [0.1, 0.15) is 0 Å². The van der Waals surface area contributed by atoms with Gasteiger partial charge in [0.25, 0.3) is 0 Å². The first-order chi connectivity index (χ1) is 19.7. The van der Waals surface area contributed by atoms with Crippen molar-refractivity contribution in [1.29, 1.82) is 0 Å². The topological polar surface area (TPSA) is 121 Å². The van der Waals surface area contributed by atoms with E-state index in [2.05, 4.69) is 52.6 Å². The van der Waals surface area contributed by atoms with Crippen LogP contribution < -0.4 is 0 Å². The largest absolute Gasteiger partial charge is 0.301 e. The molecule has 7 rings (SSSR count). The van der Waals surface area contributed by atoms with Crippen molar-refractivity contribution < 1.29 is 0 Å². The Morgan fingerprint density at radius 3 is 2.48 bits per heavy atom. The molecular weight excluding hydrogens is 504 g/mol. The normalized spacial score (nSPS) is 13.9. The maximum atomic E-state index is 4.76. The molecule has 12 nitrogen and oxygen atoms in total. The molecule has 0 N–H and O–H groups in total. The number of likely N-dealkylation sites (tertiary alicyclic amines) is 1. The molecule has 0 atom stereocenters. The van der Waals surface area contributed by atoms with Crippen LogP contribution in [0.4, 0.5) is 0 Å². The summed E-state index contributed by atoms with van der Waals surface area (Å²) in [7, 11) is 1.87. The van der Waals surface area contributed by atoms with Crippen molar-refractivity contribution in [3.63, 3.8) is 0 Å². The fourth-order valence-electron chi connectivity index (χ4n) is 5.05. The van der Waals surface area contributed by atoms with Crippen LogP contribution in [0.25, 0.3) is 45.1 Å². The number of hydrogen-bond donors (Lipinski definition) is 0. The van der Waals surface area contributed by atoms with Crippen molar-refractivity contribution in [2.75, 3.05) is 19.6 Å². The van der Waals surface area contributed by atoms with Crippen molar-refractivity contribution in [3.8, 4) is 33.8 Å². The molecule has 200 valence electrons. The molecule has 40 heavy (non-hydrogen) atoms. The Morgan fingerprint density at radius 1 is 0.800 bits per heavy atom. The summed E-state index contributed by atoms with van der Waals surface area (Å²) in [6.07, 6.45) is 15.6. The van der Waals surface area contributed by atoms with Gasteiger partial charge in [-0.3, -0.25) is 9.36 Å². The van der Waals surface area contributed by atoms with Gasteiger partial charge >= 0.3 is 0 Å². The van der Waals surface area contributed by atoms with Gasteiger partial charge in [-0.15, -0.1) is 5.10 Å². The van der Waals surface area contributed by atoms with Crippen LogP contribution >= 0.6 is 0 Å². The Labute approximate surface area is 230 Å². The molecule has 0 amide bonds. The molecule has 0 spiro atoms. The first-order valence-electron chi connectivity index (χ1n) is 13.4. The number of benzene rings is 1. The zero-order valence-electron chi connectivity index (χ0n) is 22.2. The van der Waals surface area contributed by atoms with E-state index in [1.807, 2.05) is 54.7 Å². The lowest BCUT2D eigenvalue weighted by atomic mass is 10.1. The predicted molar refractivity (Wildman–Crippen MR) is 149 cm³/mol. The van der Waals surface area contributed by atoms with Crippen LogP contribution in [0.1, 0.15) is 18.4 Å². The fourth-order valence-corrected chi connectivity index (χ4v) is 5.05. The van der Waals surface area contributed by atoms with Gasteiger partial charge < -0.3 is 4.90 Å². The van der Waals surface area contributed by atoms with E-state index in [-0.39, 0.29) is 0 Å². The number of aryl methyl sites for hydroxylation is 1. The van der Waals surface area contributed by atoms with Crippen LogP contribution in [0.3, 0.4) is 0 Å². The third-order valence-electron chi connectivity index (χ3n) is 7.21. The number of nitrogens with zero attached hydrogens (tertiary/aromatic N) is 12. The predicted octanol–water partition coefficient (Wildman–Crippen LogP) is 3.09. The monoisotopic (exact) mass is 532 g/mol. The Balaban J connectivity index is 1.07. The van der Waals surface area contributed by atoms with Gasteiger partial charge in [-0.05, 0) is 37.6 Å². The lowest BCUT2D eigenvalue weighted by Gasteiger charge is -2.13. The molecule has 1 aromatic carbocycles. The smallest absolute Gasteiger partial charge is 0.221 e. The van der Waals surface area contributed by atoms with Gasteiger partial charge in [-0.2, -0.15) is 10.2 Å². The van der Waals surface area contributed by atoms with Gasteiger partial charge in [0.2, 0.25) is 5.65 Å². The van der Waals surface area contributed by atoms with E-state index in [0.29, 0.717) is 23.7 Å². The maximum Gasteiger partial charge on any atom is 0.221 e. The SMILES string of the molecule is Cn1cc(-c2cnc3nnn(Cc4cccc(-c5ncc(-c6cnn(CCN7CCCC7)c6)cn5)c4)c3n2)cn1. The van der Waals surface area contributed by atoms with Crippen LogP contribution in [-0.2, 0) is 20.1 Å². The van der Waals surface area contributed by atoms with Gasteiger partial charge in [0.05, 0.1) is 37.4 Å². The number of aromatic nitrogens is 11. The third-order valence-corrected chi connectivity index (χ3v) is 7.21. The van der Waals surface area contributed by atoms with Crippen molar-refractivity contribution in [1.82, 2.24) is 59.4 Å². The van der Waals surface area contributed by atoms with Crippen molar-refractivity contribution in [2.45, 2.75) is 25.9 Å². The van der Waals surface area contributed by atoms with Gasteiger partial charge in [-0.1, -0.05) is 23.4 Å². The molecular formula is C28H28N12. The molecule has 1 aliphatic heterocycles. The Bertz CT molecular complexity index is 1760. The Kier molecular flexibility index (Phi) is 6.28. The minimum absolute atomic E-state index is 0.490. The molecule has 1 saturated heterocycles. The summed E-state index contributed by atoms with van der Waals surface area (Å²) in [6.45, 7) is 4.81. The molecule has 0 unspecified atom stereocenters. The highest BCUT2D eigenvalue weighted by Gasteiger charge is 2.14. The van der Waals surface area contributed by atoms with Gasteiger partial charge in [-0.25, -0.2) is 24.6 Å². The van der Waals surface area contributed by atoms with Crippen LogP contribution in [-0.4, -0.2) is 79.0 Å². The molecule has 12 heteroatoms. The van der Waals surface area contributed by atoms with E-state index in [1.54, 1.807) is 21.8 Å². The summed E-state index contributed by atoms with van der Waals surface area (Å²) < 4.78 is 5.50. The molecule has 0 bridgehead atoms. The molecule has 6 aromatic rings. The number of rotatable bonds is 8. The first kappa shape index (κ1) is 24.2. The molecule has 1 fully saturated rings. The number of fused-ring (bicyclic) bond motifs is 1. The zero-order chi connectivity index (χ0) is 26.9. The molecule has 0 aliphatic carbocycles. The minimum atomic E-state index is 0.490. The molecule has 5 aromatic heterocycles. The van der Waals surface area contributed by atoms with Crippen molar-refractivity contribution >= 4 is 11.3 Å². The second-order valence-electron chi connectivity index (χ2n) is 10.1. The summed E-state index contributed by atoms with van der Waals surface area (Å²) in [5.41, 5.74) is 6.67. The lowest BCUT2D eigenvalue weighted by Crippen LogP contribution is -2.24. The highest BCUT2D eigenvalue weighted by molar-refractivity contribution is 5.69. The highest BCUT2D eigenvalue weighted by Crippen LogP contribution is 2.22. The highest BCUT2D eigenvalue weighted by atomic mass is 15.5. The average Bonchev–Trinajstić information content (AvgIpc) is 3.81. The maximum absolute atomic E-state index is 4.76. The van der Waals surface area contributed by atoms with E-state index in [0.717, 1.165) is 46.6 Å². The zero-order valence-corrected chi connectivity index (χ0v) is 22.2. The quantitative estimate of drug-likeness (QED) is 0.291. The van der Waals surface area contributed by atoms with Crippen LogP contribution in [0.15, 0.2) is 67.6 Å². The first-order valence-corrected chi connectivity index (χ1v) is 13.4. The van der Waals surface area contributed by atoms with E-state index in [4.69, 9.17) is 4.98 Å². The van der Waals surface area contributed by atoms with E-state index in [9.17, 15) is 0 Å². The summed E-state index contributed by atoms with van der Waals surface area (Å²) >= 11 is 0. The lowest BCUT2D eigenvalue weighted by molar-refractivity contribution is 0.316. The molecule has 1 aliphatic rings. The fraction of sp³-hybridized carbons (Fsp3) is 0.286. The second kappa shape index (κ2) is 10.4. The Hall–Kier alpha value is -4.84. The summed E-state index contributed by atoms with van der Waals surface area (Å²) in [6, 6.07) is 8.12.